The number of aromatic nitrogens is 2. The van der Waals surface area contributed by atoms with Crippen molar-refractivity contribution in [2.24, 2.45) is 11.0 Å². The average molecular weight is 557 g/mol. The third-order valence-electron chi connectivity index (χ3n) is 5.78. The van der Waals surface area contributed by atoms with E-state index in [1.807, 2.05) is 0 Å². The van der Waals surface area contributed by atoms with E-state index in [0.717, 1.165) is 6.26 Å². The summed E-state index contributed by atoms with van der Waals surface area (Å²) in [6.45, 7) is 1.29. The highest BCUT2D eigenvalue weighted by atomic mass is 32.2. The van der Waals surface area contributed by atoms with Crippen molar-refractivity contribution in [3.05, 3.63) is 54.4 Å². The van der Waals surface area contributed by atoms with Crippen LogP contribution in [0.1, 0.15) is 5.82 Å². The van der Waals surface area contributed by atoms with Crippen molar-refractivity contribution < 1.29 is 30.0 Å². The predicted octanol–water partition coefficient (Wildman–Crippen LogP) is 1.88. The zero-order valence-electron chi connectivity index (χ0n) is 19.5. The van der Waals surface area contributed by atoms with Gasteiger partial charge in [-0.1, -0.05) is 24.3 Å². The quantitative estimate of drug-likeness (QED) is 0.449. The lowest BCUT2D eigenvalue weighted by Crippen LogP contribution is -2.50. The summed E-state index contributed by atoms with van der Waals surface area (Å²) in [5.74, 6) is 4.44. The van der Waals surface area contributed by atoms with Crippen LogP contribution in [0.25, 0.3) is 22.4 Å². The Morgan fingerprint density at radius 3 is 1.81 bits per heavy atom. The SMILES string of the molecule is CS(=O)(=O)c1ccc(-c2nc(C(F)(F)F)nc(N3CCN(N)CC3)c2-c2ccc(S(N)(=O)=O)cc2)cc1. The van der Waals surface area contributed by atoms with Gasteiger partial charge in [0.1, 0.15) is 5.82 Å². The Labute approximate surface area is 211 Å². The van der Waals surface area contributed by atoms with E-state index in [1.54, 1.807) is 4.90 Å². The van der Waals surface area contributed by atoms with E-state index in [2.05, 4.69) is 9.97 Å². The number of nitrogens with zero attached hydrogens (tertiary/aromatic N) is 4. The maximum absolute atomic E-state index is 13.9. The van der Waals surface area contributed by atoms with Gasteiger partial charge in [0.25, 0.3) is 0 Å². The Morgan fingerprint density at radius 1 is 0.811 bits per heavy atom. The number of hydrogen-bond donors (Lipinski definition) is 2. The Kier molecular flexibility index (Phi) is 7.02. The second-order valence-corrected chi connectivity index (χ2v) is 12.1. The number of sulfonamides is 1. The number of piperazine rings is 1. The standard InChI is InChI=1S/C22H23F3N6O4S2/c1-36(32,33)16-6-4-15(5-7-16)19-18(14-2-8-17(9-3-14)37(27,34)35)20(29-21(28-19)22(23,24)25)30-10-12-31(26)13-11-30/h2-9H,10-13,26H2,1H3,(H2,27,34,35). The third kappa shape index (κ3) is 5.91. The summed E-state index contributed by atoms with van der Waals surface area (Å²) in [5, 5.41) is 6.73. The molecule has 0 aliphatic carbocycles. The molecule has 1 fully saturated rings. The monoisotopic (exact) mass is 556 g/mol. The summed E-state index contributed by atoms with van der Waals surface area (Å²) < 4.78 is 89.0. The number of nitrogens with two attached hydrogens (primary N) is 2. The lowest BCUT2D eigenvalue weighted by Gasteiger charge is -2.34. The fourth-order valence-corrected chi connectivity index (χ4v) is 5.03. The number of primary sulfonamides is 1. The van der Waals surface area contributed by atoms with Gasteiger partial charge in [-0.25, -0.2) is 37.0 Å². The second-order valence-electron chi connectivity index (χ2n) is 8.48. The Morgan fingerprint density at radius 2 is 1.32 bits per heavy atom. The fourth-order valence-electron chi connectivity index (χ4n) is 3.88. The highest BCUT2D eigenvalue weighted by molar-refractivity contribution is 7.90. The minimum Gasteiger partial charge on any atom is -0.353 e. The molecule has 0 bridgehead atoms. The first kappa shape index (κ1) is 26.9. The van der Waals surface area contributed by atoms with Gasteiger partial charge in [0.2, 0.25) is 15.8 Å². The normalized spacial score (nSPS) is 15.7. The van der Waals surface area contributed by atoms with Crippen LogP contribution in [-0.4, -0.2) is 64.2 Å². The first-order chi connectivity index (χ1) is 17.1. The molecule has 0 saturated carbocycles. The molecule has 4 rings (SSSR count). The van der Waals surface area contributed by atoms with Crippen molar-refractivity contribution in [1.82, 2.24) is 15.0 Å². The molecular formula is C22H23F3N6O4S2. The molecule has 2 aromatic carbocycles. The minimum absolute atomic E-state index is 0.0130. The van der Waals surface area contributed by atoms with Crippen LogP contribution in [0.3, 0.4) is 0 Å². The molecule has 10 nitrogen and oxygen atoms in total. The first-order valence-electron chi connectivity index (χ1n) is 10.8. The van der Waals surface area contributed by atoms with Crippen LogP contribution >= 0.6 is 0 Å². The van der Waals surface area contributed by atoms with Gasteiger partial charge in [-0.15, -0.1) is 0 Å². The summed E-state index contributed by atoms with van der Waals surface area (Å²) in [6, 6.07) is 10.6. The van der Waals surface area contributed by atoms with Crippen molar-refractivity contribution >= 4 is 25.7 Å². The second kappa shape index (κ2) is 9.64. The van der Waals surface area contributed by atoms with Crippen LogP contribution in [0.15, 0.2) is 58.3 Å². The Balaban J connectivity index is 2.00. The number of anilines is 1. The molecule has 37 heavy (non-hydrogen) atoms. The van der Waals surface area contributed by atoms with Gasteiger partial charge >= 0.3 is 6.18 Å². The van der Waals surface area contributed by atoms with E-state index in [0.29, 0.717) is 18.7 Å². The van der Waals surface area contributed by atoms with Crippen LogP contribution in [-0.2, 0) is 26.0 Å². The summed E-state index contributed by atoms with van der Waals surface area (Å²) in [6.07, 6.45) is -3.86. The van der Waals surface area contributed by atoms with Crippen LogP contribution < -0.4 is 15.9 Å². The maximum atomic E-state index is 13.9. The molecule has 0 atom stereocenters. The summed E-state index contributed by atoms with van der Waals surface area (Å²) in [5.41, 5.74) is 0.667. The molecule has 0 amide bonds. The van der Waals surface area contributed by atoms with Gasteiger partial charge < -0.3 is 4.90 Å². The molecule has 1 saturated heterocycles. The van der Waals surface area contributed by atoms with Crippen LogP contribution in [0, 0.1) is 0 Å². The van der Waals surface area contributed by atoms with E-state index < -0.39 is 31.9 Å². The third-order valence-corrected chi connectivity index (χ3v) is 7.84. The molecule has 198 valence electrons. The number of halogens is 3. The summed E-state index contributed by atoms with van der Waals surface area (Å²) >= 11 is 0. The number of hydrazine groups is 1. The van der Waals surface area contributed by atoms with Crippen molar-refractivity contribution in [1.29, 1.82) is 0 Å². The van der Waals surface area contributed by atoms with E-state index in [1.165, 1.54) is 53.5 Å². The van der Waals surface area contributed by atoms with Gasteiger partial charge in [0.05, 0.1) is 21.0 Å². The van der Waals surface area contributed by atoms with Crippen molar-refractivity contribution in [2.45, 2.75) is 16.0 Å². The Hall–Kier alpha value is -3.11. The number of alkyl halides is 3. The molecule has 3 aromatic rings. The van der Waals surface area contributed by atoms with E-state index >= 15 is 0 Å². The van der Waals surface area contributed by atoms with Gasteiger partial charge in [-0.2, -0.15) is 13.2 Å². The number of hydrogen-bond acceptors (Lipinski definition) is 9. The zero-order valence-corrected chi connectivity index (χ0v) is 21.1. The topological polar surface area (TPSA) is 153 Å². The smallest absolute Gasteiger partial charge is 0.353 e. The maximum Gasteiger partial charge on any atom is 0.451 e. The zero-order chi connectivity index (χ0) is 27.2. The van der Waals surface area contributed by atoms with Crippen molar-refractivity contribution in [3.63, 3.8) is 0 Å². The van der Waals surface area contributed by atoms with Crippen LogP contribution in [0.4, 0.5) is 19.0 Å². The van der Waals surface area contributed by atoms with E-state index in [-0.39, 0.29) is 45.5 Å². The number of benzene rings is 2. The molecule has 15 heteroatoms. The molecule has 0 spiro atoms. The van der Waals surface area contributed by atoms with Crippen LogP contribution in [0.2, 0.25) is 0 Å². The molecular weight excluding hydrogens is 533 g/mol. The first-order valence-corrected chi connectivity index (χ1v) is 14.3. The summed E-state index contributed by atoms with van der Waals surface area (Å²) in [7, 11) is -7.56. The molecule has 4 N–H and O–H groups in total. The van der Waals surface area contributed by atoms with E-state index in [4.69, 9.17) is 11.0 Å². The van der Waals surface area contributed by atoms with Gasteiger partial charge in [-0.05, 0) is 29.8 Å². The summed E-state index contributed by atoms with van der Waals surface area (Å²) in [4.78, 5) is 9.17. The molecule has 0 unspecified atom stereocenters. The fraction of sp³-hybridized carbons (Fsp3) is 0.273. The molecule has 0 radical (unpaired) electrons. The minimum atomic E-state index is -4.87. The van der Waals surface area contributed by atoms with Gasteiger partial charge in [0.15, 0.2) is 9.84 Å². The van der Waals surface area contributed by atoms with Gasteiger partial charge in [0, 0.05) is 38.0 Å². The molecule has 1 aromatic heterocycles. The number of rotatable bonds is 5. The van der Waals surface area contributed by atoms with Gasteiger partial charge in [-0.3, -0.25) is 5.84 Å². The predicted molar refractivity (Wildman–Crippen MR) is 130 cm³/mol. The van der Waals surface area contributed by atoms with Crippen LogP contribution in [0.5, 0.6) is 0 Å². The molecule has 1 aliphatic rings. The Bertz CT molecular complexity index is 1520. The van der Waals surface area contributed by atoms with Crippen molar-refractivity contribution in [2.75, 3.05) is 37.3 Å². The number of sulfone groups is 1. The molecule has 1 aliphatic heterocycles. The lowest BCUT2D eigenvalue weighted by atomic mass is 9.98. The molecule has 2 heterocycles. The lowest BCUT2D eigenvalue weighted by molar-refractivity contribution is -0.144. The largest absolute Gasteiger partial charge is 0.451 e. The average Bonchev–Trinajstić information content (AvgIpc) is 2.82. The highest BCUT2D eigenvalue weighted by Crippen LogP contribution is 2.41. The van der Waals surface area contributed by atoms with E-state index in [9.17, 15) is 30.0 Å². The highest BCUT2D eigenvalue weighted by Gasteiger charge is 2.38. The van der Waals surface area contributed by atoms with Crippen molar-refractivity contribution in [3.8, 4) is 22.4 Å².